The SMILES string of the molecule is COC(=O)c1c(F)cc(C=N)c(N)c1F. The third-order valence-corrected chi connectivity index (χ3v) is 1.83. The van der Waals surface area contributed by atoms with Gasteiger partial charge in [-0.2, -0.15) is 0 Å². The third kappa shape index (κ3) is 1.78. The van der Waals surface area contributed by atoms with E-state index in [1.54, 1.807) is 0 Å². The number of halogens is 2. The lowest BCUT2D eigenvalue weighted by atomic mass is 10.1. The number of benzene rings is 1. The van der Waals surface area contributed by atoms with Crippen LogP contribution in [0.25, 0.3) is 0 Å². The van der Waals surface area contributed by atoms with Crippen LogP contribution in [-0.2, 0) is 4.74 Å². The Morgan fingerprint density at radius 1 is 1.60 bits per heavy atom. The number of ether oxygens (including phenoxy) is 1. The number of esters is 1. The van der Waals surface area contributed by atoms with Crippen LogP contribution in [0.1, 0.15) is 15.9 Å². The molecule has 0 unspecified atom stereocenters. The number of nitrogen functional groups attached to an aromatic ring is 1. The molecule has 1 aromatic rings. The Hall–Kier alpha value is -1.98. The minimum absolute atomic E-state index is 0.127. The van der Waals surface area contributed by atoms with E-state index in [0.717, 1.165) is 13.2 Å². The van der Waals surface area contributed by atoms with Crippen molar-refractivity contribution in [1.82, 2.24) is 0 Å². The van der Waals surface area contributed by atoms with Gasteiger partial charge < -0.3 is 15.9 Å². The standard InChI is InChI=1S/C9H8F2N2O2/c1-15-9(14)6-5(10)2-4(3-12)8(13)7(6)11/h2-3,12H,13H2,1H3. The highest BCUT2D eigenvalue weighted by Gasteiger charge is 2.22. The van der Waals surface area contributed by atoms with Crippen molar-refractivity contribution in [3.05, 3.63) is 28.8 Å². The van der Waals surface area contributed by atoms with E-state index >= 15 is 0 Å². The Bertz CT molecular complexity index is 433. The van der Waals surface area contributed by atoms with Crippen LogP contribution in [0, 0.1) is 17.0 Å². The monoisotopic (exact) mass is 214 g/mol. The summed E-state index contributed by atoms with van der Waals surface area (Å²) in [7, 11) is 1.00. The predicted molar refractivity (Wildman–Crippen MR) is 50.0 cm³/mol. The fourth-order valence-corrected chi connectivity index (χ4v) is 1.06. The van der Waals surface area contributed by atoms with Gasteiger partial charge in [0.15, 0.2) is 5.82 Å². The lowest BCUT2D eigenvalue weighted by Gasteiger charge is -2.07. The molecule has 6 heteroatoms. The van der Waals surface area contributed by atoms with E-state index in [1.165, 1.54) is 0 Å². The summed E-state index contributed by atoms with van der Waals surface area (Å²) in [6.45, 7) is 0. The third-order valence-electron chi connectivity index (χ3n) is 1.83. The van der Waals surface area contributed by atoms with Gasteiger partial charge in [-0.15, -0.1) is 0 Å². The van der Waals surface area contributed by atoms with Gasteiger partial charge >= 0.3 is 5.97 Å². The van der Waals surface area contributed by atoms with Crippen LogP contribution in [0.3, 0.4) is 0 Å². The van der Waals surface area contributed by atoms with E-state index < -0.39 is 28.9 Å². The van der Waals surface area contributed by atoms with Gasteiger partial charge in [0.25, 0.3) is 0 Å². The van der Waals surface area contributed by atoms with Crippen molar-refractivity contribution in [3.8, 4) is 0 Å². The van der Waals surface area contributed by atoms with Gasteiger partial charge in [0.1, 0.15) is 11.4 Å². The second-order valence-corrected chi connectivity index (χ2v) is 2.69. The van der Waals surface area contributed by atoms with Crippen LogP contribution in [0.2, 0.25) is 0 Å². The summed E-state index contributed by atoms with van der Waals surface area (Å²) < 4.78 is 30.8. The highest BCUT2D eigenvalue weighted by molar-refractivity contribution is 5.94. The first kappa shape index (κ1) is 11.1. The maximum Gasteiger partial charge on any atom is 0.343 e. The van der Waals surface area contributed by atoms with Crippen molar-refractivity contribution >= 4 is 17.9 Å². The first-order valence-corrected chi connectivity index (χ1v) is 3.89. The van der Waals surface area contributed by atoms with E-state index in [0.29, 0.717) is 6.21 Å². The Labute approximate surface area is 84.2 Å². The smallest absolute Gasteiger partial charge is 0.343 e. The molecule has 0 saturated carbocycles. The summed E-state index contributed by atoms with van der Waals surface area (Å²) in [5.74, 6) is -3.46. The number of hydrogen-bond acceptors (Lipinski definition) is 4. The van der Waals surface area contributed by atoms with Crippen molar-refractivity contribution in [2.75, 3.05) is 12.8 Å². The number of nitrogens with two attached hydrogens (primary N) is 1. The molecule has 0 aliphatic rings. The van der Waals surface area contributed by atoms with Crippen molar-refractivity contribution in [2.24, 2.45) is 0 Å². The van der Waals surface area contributed by atoms with Crippen molar-refractivity contribution in [3.63, 3.8) is 0 Å². The van der Waals surface area contributed by atoms with E-state index in [9.17, 15) is 13.6 Å². The fraction of sp³-hybridized carbons (Fsp3) is 0.111. The Kier molecular flexibility index (Phi) is 2.99. The zero-order valence-electron chi connectivity index (χ0n) is 7.80. The van der Waals surface area contributed by atoms with E-state index in [1.807, 2.05) is 0 Å². The van der Waals surface area contributed by atoms with Gasteiger partial charge in [-0.1, -0.05) is 0 Å². The maximum absolute atomic E-state index is 13.4. The van der Waals surface area contributed by atoms with Crippen LogP contribution in [0.5, 0.6) is 0 Å². The molecule has 0 aromatic heterocycles. The molecule has 0 atom stereocenters. The molecule has 80 valence electrons. The number of hydrogen-bond donors (Lipinski definition) is 2. The molecule has 0 heterocycles. The zero-order valence-corrected chi connectivity index (χ0v) is 7.80. The number of rotatable bonds is 2. The molecule has 0 radical (unpaired) electrons. The average Bonchev–Trinajstić information content (AvgIpc) is 2.23. The summed E-state index contributed by atoms with van der Waals surface area (Å²) in [5.41, 5.74) is 3.83. The maximum atomic E-state index is 13.4. The van der Waals surface area contributed by atoms with Crippen LogP contribution < -0.4 is 5.73 Å². The molecule has 0 fully saturated rings. The number of carbonyl (C=O) groups is 1. The molecule has 0 spiro atoms. The van der Waals surface area contributed by atoms with E-state index in [-0.39, 0.29) is 5.56 Å². The normalized spacial score (nSPS) is 9.80. The van der Waals surface area contributed by atoms with Gasteiger partial charge in [-0.3, -0.25) is 0 Å². The molecule has 0 aliphatic heterocycles. The number of anilines is 1. The Balaban J connectivity index is 3.49. The second-order valence-electron chi connectivity index (χ2n) is 2.69. The molecular weight excluding hydrogens is 206 g/mol. The van der Waals surface area contributed by atoms with Gasteiger partial charge in [0.2, 0.25) is 0 Å². The molecule has 0 saturated heterocycles. The van der Waals surface area contributed by atoms with E-state index in [2.05, 4.69) is 4.74 Å². The molecule has 1 rings (SSSR count). The van der Waals surface area contributed by atoms with Crippen molar-refractivity contribution in [2.45, 2.75) is 0 Å². The molecule has 0 amide bonds. The van der Waals surface area contributed by atoms with Crippen molar-refractivity contribution in [1.29, 1.82) is 5.41 Å². The molecule has 0 bridgehead atoms. The van der Waals surface area contributed by atoms with Crippen LogP contribution in [-0.4, -0.2) is 19.3 Å². The summed E-state index contributed by atoms with van der Waals surface area (Å²) in [4.78, 5) is 11.0. The van der Waals surface area contributed by atoms with Gasteiger partial charge in [-0.05, 0) is 6.07 Å². The Morgan fingerprint density at radius 2 is 2.20 bits per heavy atom. The van der Waals surface area contributed by atoms with Gasteiger partial charge in [0.05, 0.1) is 12.8 Å². The summed E-state index contributed by atoms with van der Waals surface area (Å²) >= 11 is 0. The number of methoxy groups -OCH3 is 1. The quantitative estimate of drug-likeness (QED) is 0.443. The summed E-state index contributed by atoms with van der Waals surface area (Å²) in [6, 6.07) is 0.803. The minimum Gasteiger partial charge on any atom is -0.465 e. The zero-order chi connectivity index (χ0) is 11.6. The Morgan fingerprint density at radius 3 is 2.67 bits per heavy atom. The molecule has 3 N–H and O–H groups in total. The number of nitrogens with one attached hydrogen (secondary N) is 1. The summed E-state index contributed by atoms with van der Waals surface area (Å²) in [6.07, 6.45) is 0.697. The summed E-state index contributed by atoms with van der Waals surface area (Å²) in [5, 5.41) is 6.85. The molecule has 1 aromatic carbocycles. The van der Waals surface area contributed by atoms with E-state index in [4.69, 9.17) is 11.1 Å². The number of carbonyl (C=O) groups excluding carboxylic acids is 1. The first-order valence-electron chi connectivity index (χ1n) is 3.89. The minimum atomic E-state index is -1.21. The lowest BCUT2D eigenvalue weighted by molar-refractivity contribution is 0.0590. The molecular formula is C9H8F2N2O2. The molecule has 15 heavy (non-hydrogen) atoms. The fourth-order valence-electron chi connectivity index (χ4n) is 1.06. The molecule has 4 nitrogen and oxygen atoms in total. The topological polar surface area (TPSA) is 76.2 Å². The van der Waals surface area contributed by atoms with Gasteiger partial charge in [0, 0.05) is 11.8 Å². The largest absolute Gasteiger partial charge is 0.465 e. The van der Waals surface area contributed by atoms with Crippen LogP contribution in [0.4, 0.5) is 14.5 Å². The van der Waals surface area contributed by atoms with Crippen LogP contribution in [0.15, 0.2) is 6.07 Å². The molecule has 0 aliphatic carbocycles. The highest BCUT2D eigenvalue weighted by Crippen LogP contribution is 2.22. The second kappa shape index (κ2) is 4.04. The first-order chi connectivity index (χ1) is 7.02. The van der Waals surface area contributed by atoms with Gasteiger partial charge in [-0.25, -0.2) is 13.6 Å². The predicted octanol–water partition coefficient (Wildman–Crippen LogP) is 1.33. The highest BCUT2D eigenvalue weighted by atomic mass is 19.1. The lowest BCUT2D eigenvalue weighted by Crippen LogP contribution is -2.11. The average molecular weight is 214 g/mol. The van der Waals surface area contributed by atoms with Crippen molar-refractivity contribution < 1.29 is 18.3 Å². The van der Waals surface area contributed by atoms with Crippen LogP contribution >= 0.6 is 0 Å².